The average molecular weight is 156 g/mol. The number of Topliss-reactive ketones (excluding diaryl/α,β-unsaturated/α-hetero) is 2. The standard InChI is InChI=1S/C6H4O5/c7-2-1-3(8)5-4(2)10-6(9)11-5/h4-5H,1H2. The summed E-state index contributed by atoms with van der Waals surface area (Å²) in [4.78, 5) is 32.1. The molecular formula is C6H4O5. The van der Waals surface area contributed by atoms with Crippen LogP contribution in [0.2, 0.25) is 0 Å². The van der Waals surface area contributed by atoms with E-state index in [0.29, 0.717) is 0 Å². The summed E-state index contributed by atoms with van der Waals surface area (Å²) in [5.74, 6) is -0.739. The molecule has 1 aliphatic heterocycles. The molecule has 2 unspecified atom stereocenters. The van der Waals surface area contributed by atoms with Gasteiger partial charge in [-0.05, 0) is 0 Å². The first-order chi connectivity index (χ1) is 5.18. The predicted octanol–water partition coefficient (Wildman–Crippen LogP) is -0.568. The zero-order valence-corrected chi connectivity index (χ0v) is 5.40. The fourth-order valence-corrected chi connectivity index (χ4v) is 1.20. The van der Waals surface area contributed by atoms with Gasteiger partial charge in [0.1, 0.15) is 0 Å². The van der Waals surface area contributed by atoms with Crippen molar-refractivity contribution in [3.8, 4) is 0 Å². The van der Waals surface area contributed by atoms with Crippen LogP contribution in [0.5, 0.6) is 0 Å². The molecule has 2 rings (SSSR count). The molecule has 2 aliphatic rings. The Balaban J connectivity index is 2.29. The topological polar surface area (TPSA) is 69.7 Å². The van der Waals surface area contributed by atoms with Gasteiger partial charge in [-0.25, -0.2) is 4.79 Å². The predicted molar refractivity (Wildman–Crippen MR) is 29.8 cm³/mol. The van der Waals surface area contributed by atoms with Crippen molar-refractivity contribution in [3.63, 3.8) is 0 Å². The summed E-state index contributed by atoms with van der Waals surface area (Å²) in [5, 5.41) is 0. The highest BCUT2D eigenvalue weighted by Crippen LogP contribution is 2.25. The highest BCUT2D eigenvalue weighted by atomic mass is 16.8. The molecule has 5 nitrogen and oxygen atoms in total. The van der Waals surface area contributed by atoms with Gasteiger partial charge in [0.15, 0.2) is 11.6 Å². The number of hydrogen-bond donors (Lipinski definition) is 0. The summed E-state index contributed by atoms with van der Waals surface area (Å²) in [6, 6.07) is 0. The van der Waals surface area contributed by atoms with Gasteiger partial charge in [-0.15, -0.1) is 0 Å². The molecule has 2 atom stereocenters. The molecule has 58 valence electrons. The molecule has 0 aromatic heterocycles. The molecule has 11 heavy (non-hydrogen) atoms. The maximum absolute atomic E-state index is 10.8. The van der Waals surface area contributed by atoms with E-state index in [1.807, 2.05) is 0 Å². The first kappa shape index (κ1) is 6.33. The van der Waals surface area contributed by atoms with Crippen LogP contribution < -0.4 is 0 Å². The van der Waals surface area contributed by atoms with Gasteiger partial charge in [0.2, 0.25) is 12.2 Å². The Morgan fingerprint density at radius 2 is 1.45 bits per heavy atom. The van der Waals surface area contributed by atoms with Gasteiger partial charge in [-0.2, -0.15) is 0 Å². The summed E-state index contributed by atoms with van der Waals surface area (Å²) in [5.41, 5.74) is 0. The molecule has 0 aromatic carbocycles. The van der Waals surface area contributed by atoms with E-state index in [1.165, 1.54) is 0 Å². The van der Waals surface area contributed by atoms with E-state index in [-0.39, 0.29) is 18.0 Å². The Bertz CT molecular complexity index is 232. The van der Waals surface area contributed by atoms with E-state index in [2.05, 4.69) is 9.47 Å². The summed E-state index contributed by atoms with van der Waals surface area (Å²) >= 11 is 0. The third kappa shape index (κ3) is 0.736. The van der Waals surface area contributed by atoms with E-state index in [4.69, 9.17) is 0 Å². The van der Waals surface area contributed by atoms with Crippen LogP contribution in [0.25, 0.3) is 0 Å². The van der Waals surface area contributed by atoms with Gasteiger partial charge in [-0.1, -0.05) is 0 Å². The number of ether oxygens (including phenoxy) is 2. The van der Waals surface area contributed by atoms with Crippen molar-refractivity contribution in [2.75, 3.05) is 0 Å². The maximum atomic E-state index is 10.8. The molecule has 0 amide bonds. The second kappa shape index (κ2) is 1.81. The van der Waals surface area contributed by atoms with Gasteiger partial charge in [0, 0.05) is 0 Å². The number of carbonyl (C=O) groups is 3. The number of carbonyl (C=O) groups excluding carboxylic acids is 3. The number of hydrogen-bond acceptors (Lipinski definition) is 5. The van der Waals surface area contributed by atoms with Crippen LogP contribution in [0, 0.1) is 0 Å². The molecule has 0 bridgehead atoms. The van der Waals surface area contributed by atoms with Gasteiger partial charge in [0.05, 0.1) is 6.42 Å². The zero-order valence-electron chi connectivity index (χ0n) is 5.40. The molecular weight excluding hydrogens is 152 g/mol. The third-order valence-electron chi connectivity index (χ3n) is 1.70. The Morgan fingerprint density at radius 1 is 1.00 bits per heavy atom. The lowest BCUT2D eigenvalue weighted by Crippen LogP contribution is -2.24. The molecule has 0 radical (unpaired) electrons. The summed E-state index contributed by atoms with van der Waals surface area (Å²) in [7, 11) is 0. The quantitative estimate of drug-likeness (QED) is 0.347. The fraction of sp³-hybridized carbons (Fsp3) is 0.500. The average Bonchev–Trinajstić information content (AvgIpc) is 2.38. The molecule has 1 aliphatic carbocycles. The van der Waals surface area contributed by atoms with E-state index >= 15 is 0 Å². The minimum atomic E-state index is -0.963. The molecule has 1 saturated heterocycles. The Kier molecular flexibility index (Phi) is 1.04. The first-order valence-corrected chi connectivity index (χ1v) is 3.11. The molecule has 0 aromatic rings. The minimum absolute atomic E-state index is 0.178. The van der Waals surface area contributed by atoms with Crippen LogP contribution in [0.1, 0.15) is 6.42 Å². The SMILES string of the molecule is O=C1OC2C(=O)CC(=O)C2O1. The van der Waals surface area contributed by atoms with Crippen molar-refractivity contribution in [2.24, 2.45) is 0 Å². The smallest absolute Gasteiger partial charge is 0.418 e. The lowest BCUT2D eigenvalue weighted by molar-refractivity contribution is -0.125. The van der Waals surface area contributed by atoms with Crippen molar-refractivity contribution in [1.82, 2.24) is 0 Å². The summed E-state index contributed by atoms with van der Waals surface area (Å²) in [6.45, 7) is 0. The van der Waals surface area contributed by atoms with Gasteiger partial charge < -0.3 is 9.47 Å². The van der Waals surface area contributed by atoms with E-state index in [9.17, 15) is 14.4 Å². The Labute approximate surface area is 61.3 Å². The van der Waals surface area contributed by atoms with Crippen molar-refractivity contribution in [3.05, 3.63) is 0 Å². The lowest BCUT2D eigenvalue weighted by Gasteiger charge is -1.97. The molecule has 1 saturated carbocycles. The van der Waals surface area contributed by atoms with E-state index < -0.39 is 18.4 Å². The zero-order chi connectivity index (χ0) is 8.01. The Morgan fingerprint density at radius 3 is 1.91 bits per heavy atom. The van der Waals surface area contributed by atoms with E-state index in [1.54, 1.807) is 0 Å². The normalized spacial score (nSPS) is 35.1. The van der Waals surface area contributed by atoms with Crippen LogP contribution in [-0.4, -0.2) is 29.9 Å². The molecule has 1 heterocycles. The van der Waals surface area contributed by atoms with Crippen LogP contribution in [0.15, 0.2) is 0 Å². The van der Waals surface area contributed by atoms with Crippen LogP contribution >= 0.6 is 0 Å². The lowest BCUT2D eigenvalue weighted by atomic mass is 10.2. The first-order valence-electron chi connectivity index (χ1n) is 3.11. The molecule has 0 N–H and O–H groups in total. The van der Waals surface area contributed by atoms with E-state index in [0.717, 1.165) is 0 Å². The number of ketones is 2. The number of rotatable bonds is 0. The summed E-state index contributed by atoms with van der Waals surface area (Å²) in [6.07, 6.45) is -3.03. The van der Waals surface area contributed by atoms with Crippen molar-refractivity contribution < 1.29 is 23.9 Å². The highest BCUT2D eigenvalue weighted by molar-refractivity contribution is 6.13. The van der Waals surface area contributed by atoms with Gasteiger partial charge >= 0.3 is 6.16 Å². The third-order valence-corrected chi connectivity index (χ3v) is 1.70. The minimum Gasteiger partial charge on any atom is -0.418 e. The Hall–Kier alpha value is -1.39. The van der Waals surface area contributed by atoms with Crippen molar-refractivity contribution in [2.45, 2.75) is 18.6 Å². The van der Waals surface area contributed by atoms with Crippen molar-refractivity contribution >= 4 is 17.7 Å². The highest BCUT2D eigenvalue weighted by Gasteiger charge is 2.52. The number of fused-ring (bicyclic) bond motifs is 1. The van der Waals surface area contributed by atoms with Gasteiger partial charge in [0.25, 0.3) is 0 Å². The molecule has 5 heteroatoms. The van der Waals surface area contributed by atoms with Crippen LogP contribution in [0.4, 0.5) is 4.79 Å². The second-order valence-corrected chi connectivity index (χ2v) is 2.44. The molecule has 2 fully saturated rings. The largest absolute Gasteiger partial charge is 0.510 e. The second-order valence-electron chi connectivity index (χ2n) is 2.44. The van der Waals surface area contributed by atoms with Crippen LogP contribution in [-0.2, 0) is 19.1 Å². The fourth-order valence-electron chi connectivity index (χ4n) is 1.20. The summed E-state index contributed by atoms with van der Waals surface area (Å²) < 4.78 is 8.87. The van der Waals surface area contributed by atoms with Crippen LogP contribution in [0.3, 0.4) is 0 Å². The maximum Gasteiger partial charge on any atom is 0.510 e. The van der Waals surface area contributed by atoms with Crippen molar-refractivity contribution in [1.29, 1.82) is 0 Å². The monoisotopic (exact) mass is 156 g/mol. The molecule has 0 spiro atoms. The van der Waals surface area contributed by atoms with Gasteiger partial charge in [-0.3, -0.25) is 9.59 Å².